The van der Waals surface area contributed by atoms with Gasteiger partial charge in [-0.3, -0.25) is 4.79 Å². The van der Waals surface area contributed by atoms with Crippen LogP contribution in [-0.4, -0.2) is 25.7 Å². The molecule has 0 aromatic rings. The average Bonchev–Trinajstić information content (AvgIpc) is 2.45. The van der Waals surface area contributed by atoms with Crippen molar-refractivity contribution in [1.29, 1.82) is 0 Å². The van der Waals surface area contributed by atoms with Gasteiger partial charge in [-0.05, 0) is 12.8 Å². The van der Waals surface area contributed by atoms with E-state index in [0.717, 1.165) is 26.0 Å². The molecule has 0 aliphatic rings. The topological polar surface area (TPSA) is 38.3 Å². The van der Waals surface area contributed by atoms with Crippen LogP contribution in [0.15, 0.2) is 0 Å². The summed E-state index contributed by atoms with van der Waals surface area (Å²) in [5.41, 5.74) is 0. The van der Waals surface area contributed by atoms with E-state index >= 15 is 0 Å². The number of unbranched alkanes of at least 4 members (excludes halogenated alkanes) is 2. The lowest BCUT2D eigenvalue weighted by Crippen LogP contribution is -2.25. The second-order valence-corrected chi connectivity index (χ2v) is 3.42. The van der Waals surface area contributed by atoms with Crippen molar-refractivity contribution >= 4 is 5.91 Å². The van der Waals surface area contributed by atoms with Crippen LogP contribution in [0.25, 0.3) is 0 Å². The highest BCUT2D eigenvalue weighted by atomic mass is 16.5. The Morgan fingerprint density at radius 3 is 2.05 bits per heavy atom. The quantitative estimate of drug-likeness (QED) is 0.600. The van der Waals surface area contributed by atoms with Gasteiger partial charge in [-0.15, -0.1) is 0 Å². The SMILES string of the molecule is C.CC.CC.CCCCCOCCC(=O)NCCC.[HH]. The number of amides is 1. The third-order valence-corrected chi connectivity index (χ3v) is 1.94. The molecule has 0 unspecified atom stereocenters. The number of ether oxygens (including phenoxy) is 1. The third-order valence-electron chi connectivity index (χ3n) is 1.94. The zero-order chi connectivity index (χ0) is 14.6. The van der Waals surface area contributed by atoms with Crippen LogP contribution in [-0.2, 0) is 9.53 Å². The molecule has 0 saturated heterocycles. The highest BCUT2D eigenvalue weighted by molar-refractivity contribution is 5.75. The first-order valence-corrected chi connectivity index (χ1v) is 7.65. The number of rotatable bonds is 9. The fourth-order valence-electron chi connectivity index (χ4n) is 1.07. The maximum atomic E-state index is 11.1. The van der Waals surface area contributed by atoms with Gasteiger partial charge in [0.1, 0.15) is 0 Å². The highest BCUT2D eigenvalue weighted by Crippen LogP contribution is 1.94. The van der Waals surface area contributed by atoms with Crippen LogP contribution in [0.3, 0.4) is 0 Å². The molecule has 0 atom stereocenters. The summed E-state index contributed by atoms with van der Waals surface area (Å²) in [7, 11) is 0. The van der Waals surface area contributed by atoms with Gasteiger partial charge in [-0.2, -0.15) is 0 Å². The number of hydrogen-bond acceptors (Lipinski definition) is 2. The van der Waals surface area contributed by atoms with E-state index in [1.807, 2.05) is 34.6 Å². The Morgan fingerprint density at radius 1 is 1.00 bits per heavy atom. The normalized spacial score (nSPS) is 8.11. The molecule has 0 aromatic heterocycles. The molecule has 122 valence electrons. The lowest BCUT2D eigenvalue weighted by molar-refractivity contribution is -0.122. The fourth-order valence-corrected chi connectivity index (χ4v) is 1.07. The second-order valence-electron chi connectivity index (χ2n) is 3.42. The molecular weight excluding hydrogens is 238 g/mol. The minimum absolute atomic E-state index is 0. The number of carbonyl (C=O) groups is 1. The summed E-state index contributed by atoms with van der Waals surface area (Å²) < 4.78 is 5.33. The summed E-state index contributed by atoms with van der Waals surface area (Å²) in [6.45, 7) is 14.3. The molecule has 19 heavy (non-hydrogen) atoms. The lowest BCUT2D eigenvalue weighted by atomic mass is 10.3. The zero-order valence-corrected chi connectivity index (χ0v) is 13.5. The summed E-state index contributed by atoms with van der Waals surface area (Å²) >= 11 is 0. The summed E-state index contributed by atoms with van der Waals surface area (Å²) in [6.07, 6.45) is 5.00. The Bertz CT molecular complexity index is 144. The number of hydrogen-bond donors (Lipinski definition) is 1. The van der Waals surface area contributed by atoms with Crippen LogP contribution in [0, 0.1) is 0 Å². The monoisotopic (exact) mass is 279 g/mol. The van der Waals surface area contributed by atoms with E-state index in [1.165, 1.54) is 12.8 Å². The molecule has 0 fully saturated rings. The first-order chi connectivity index (χ1) is 8.81. The van der Waals surface area contributed by atoms with Crippen LogP contribution in [0.4, 0.5) is 0 Å². The molecule has 0 radical (unpaired) electrons. The van der Waals surface area contributed by atoms with E-state index in [0.29, 0.717) is 13.0 Å². The van der Waals surface area contributed by atoms with E-state index in [1.54, 1.807) is 0 Å². The Labute approximate surface area is 124 Å². The summed E-state index contributed by atoms with van der Waals surface area (Å²) in [6, 6.07) is 0. The molecule has 0 aromatic carbocycles. The Kier molecular flexibility index (Phi) is 43.1. The van der Waals surface area contributed by atoms with E-state index in [4.69, 9.17) is 4.74 Å². The molecule has 3 nitrogen and oxygen atoms in total. The van der Waals surface area contributed by atoms with Crippen LogP contribution >= 0.6 is 0 Å². The summed E-state index contributed by atoms with van der Waals surface area (Å²) in [4.78, 5) is 11.1. The van der Waals surface area contributed by atoms with Crippen LogP contribution in [0.2, 0.25) is 0 Å². The van der Waals surface area contributed by atoms with Gasteiger partial charge in [0, 0.05) is 21.0 Å². The molecule has 0 heterocycles. The van der Waals surface area contributed by atoms with Gasteiger partial charge in [0.05, 0.1) is 6.61 Å². The fraction of sp³-hybridized carbons (Fsp3) is 0.938. The van der Waals surface area contributed by atoms with Gasteiger partial charge in [0.2, 0.25) is 5.91 Å². The van der Waals surface area contributed by atoms with Gasteiger partial charge >= 0.3 is 0 Å². The first kappa shape index (κ1) is 26.9. The van der Waals surface area contributed by atoms with Crippen molar-refractivity contribution in [3.8, 4) is 0 Å². The molecule has 0 rings (SSSR count). The van der Waals surface area contributed by atoms with Gasteiger partial charge in [-0.25, -0.2) is 0 Å². The van der Waals surface area contributed by atoms with Gasteiger partial charge in [0.15, 0.2) is 0 Å². The lowest BCUT2D eigenvalue weighted by Gasteiger charge is -2.04. The van der Waals surface area contributed by atoms with Crippen molar-refractivity contribution in [2.24, 2.45) is 0 Å². The molecule has 0 bridgehead atoms. The molecule has 0 aliphatic heterocycles. The Hall–Kier alpha value is -0.570. The van der Waals surface area contributed by atoms with Gasteiger partial charge in [-0.1, -0.05) is 61.8 Å². The van der Waals surface area contributed by atoms with Crippen molar-refractivity contribution in [2.75, 3.05) is 19.8 Å². The van der Waals surface area contributed by atoms with Gasteiger partial charge in [0.25, 0.3) is 0 Å². The third kappa shape index (κ3) is 31.8. The van der Waals surface area contributed by atoms with E-state index in [2.05, 4.69) is 12.2 Å². The Morgan fingerprint density at radius 2 is 1.58 bits per heavy atom. The summed E-state index contributed by atoms with van der Waals surface area (Å²) in [5.74, 6) is 0.0994. The predicted molar refractivity (Wildman–Crippen MR) is 89.8 cm³/mol. The van der Waals surface area contributed by atoms with Crippen molar-refractivity contribution in [3.05, 3.63) is 0 Å². The smallest absolute Gasteiger partial charge is 0.222 e. The van der Waals surface area contributed by atoms with Crippen molar-refractivity contribution in [3.63, 3.8) is 0 Å². The van der Waals surface area contributed by atoms with Crippen LogP contribution in [0.5, 0.6) is 0 Å². The largest absolute Gasteiger partial charge is 0.381 e. The zero-order valence-electron chi connectivity index (χ0n) is 13.5. The summed E-state index contributed by atoms with van der Waals surface area (Å²) in [5, 5.41) is 2.82. The predicted octanol–water partition coefficient (Wildman–Crippen LogP) is 5.04. The van der Waals surface area contributed by atoms with Crippen molar-refractivity contribution in [2.45, 2.75) is 81.1 Å². The molecule has 0 spiro atoms. The molecule has 1 N–H and O–H groups in total. The second kappa shape index (κ2) is 30.5. The van der Waals surface area contributed by atoms with E-state index in [-0.39, 0.29) is 14.8 Å². The highest BCUT2D eigenvalue weighted by Gasteiger charge is 1.98. The van der Waals surface area contributed by atoms with Gasteiger partial charge < -0.3 is 10.1 Å². The molecule has 3 heteroatoms. The van der Waals surface area contributed by atoms with Crippen molar-refractivity contribution in [1.82, 2.24) is 5.32 Å². The molecule has 0 saturated carbocycles. The number of nitrogens with one attached hydrogen (secondary N) is 1. The average molecular weight is 280 g/mol. The van der Waals surface area contributed by atoms with Crippen LogP contribution in [0.1, 0.15) is 82.5 Å². The first-order valence-electron chi connectivity index (χ1n) is 7.65. The maximum Gasteiger partial charge on any atom is 0.222 e. The maximum absolute atomic E-state index is 11.1. The van der Waals surface area contributed by atoms with E-state index in [9.17, 15) is 4.79 Å². The van der Waals surface area contributed by atoms with Crippen LogP contribution < -0.4 is 5.32 Å². The number of carbonyl (C=O) groups excluding carboxylic acids is 1. The van der Waals surface area contributed by atoms with Crippen molar-refractivity contribution < 1.29 is 11.0 Å². The molecule has 0 aliphatic carbocycles. The molecule has 1 amide bonds. The standard InChI is InChI=1S/C11H23NO2.2C2H6.CH4.H2/c1-3-5-6-9-14-10-7-11(13)12-8-4-2;2*1-2;;/h3-10H2,1-2H3,(H,12,13);2*1-2H3;1H4;1H. The minimum Gasteiger partial charge on any atom is -0.381 e. The van der Waals surface area contributed by atoms with E-state index < -0.39 is 0 Å². The Balaban J connectivity index is -0.000000114. The molecular formula is C16H41NO2. The minimum atomic E-state index is 0.